The topological polar surface area (TPSA) is 78.5 Å². The van der Waals surface area contributed by atoms with Gasteiger partial charge in [0.05, 0.1) is 0 Å². The number of aliphatic hydroxyl groups is 2. The molecule has 4 nitrogen and oxygen atoms in total. The smallest absolute Gasteiger partial charge is 0.0434 e. The summed E-state index contributed by atoms with van der Waals surface area (Å²) in [5, 5.41) is 22.0. The van der Waals surface area contributed by atoms with Crippen molar-refractivity contribution in [3.05, 3.63) is 0 Å². The van der Waals surface area contributed by atoms with E-state index in [1.165, 1.54) is 0 Å². The van der Waals surface area contributed by atoms with Gasteiger partial charge in [-0.25, -0.2) is 0 Å². The molecule has 1 saturated heterocycles. The average molecular weight is 244 g/mol. The van der Waals surface area contributed by atoms with Gasteiger partial charge in [-0.05, 0) is 52.4 Å². The standard InChI is InChI=1S/C13H28N2O2/c1-12(2)9(5-7-16)11(14)10(6-8-17)13(3,4)15-12/h9-11,15-17H,5-8,14H2,1-4H3. The average Bonchev–Trinajstić information content (AvgIpc) is 2.17. The van der Waals surface area contributed by atoms with Gasteiger partial charge in [-0.15, -0.1) is 0 Å². The van der Waals surface area contributed by atoms with Crippen LogP contribution in [0.4, 0.5) is 0 Å². The van der Waals surface area contributed by atoms with Crippen molar-refractivity contribution in [2.24, 2.45) is 17.6 Å². The predicted octanol–water partition coefficient (Wildman–Crippen LogP) is 0.471. The largest absolute Gasteiger partial charge is 0.396 e. The first-order chi connectivity index (χ1) is 7.76. The quantitative estimate of drug-likeness (QED) is 0.580. The molecule has 1 heterocycles. The molecule has 0 aromatic heterocycles. The van der Waals surface area contributed by atoms with Crippen LogP contribution in [0, 0.1) is 11.8 Å². The first-order valence-corrected chi connectivity index (χ1v) is 6.53. The molecule has 0 amide bonds. The molecule has 1 aliphatic heterocycles. The van der Waals surface area contributed by atoms with Gasteiger partial charge in [0.1, 0.15) is 0 Å². The molecule has 102 valence electrons. The monoisotopic (exact) mass is 244 g/mol. The van der Waals surface area contributed by atoms with Crippen LogP contribution in [0.15, 0.2) is 0 Å². The summed E-state index contributed by atoms with van der Waals surface area (Å²) in [5.74, 6) is 0.467. The van der Waals surface area contributed by atoms with Crippen LogP contribution < -0.4 is 11.1 Å². The summed E-state index contributed by atoms with van der Waals surface area (Å²) in [6, 6.07) is 0.0144. The van der Waals surface area contributed by atoms with Crippen LogP contribution in [-0.4, -0.2) is 40.5 Å². The molecule has 1 fully saturated rings. The third-order valence-corrected chi connectivity index (χ3v) is 4.31. The minimum Gasteiger partial charge on any atom is -0.396 e. The van der Waals surface area contributed by atoms with Crippen molar-refractivity contribution in [2.75, 3.05) is 13.2 Å². The van der Waals surface area contributed by atoms with Gasteiger partial charge >= 0.3 is 0 Å². The molecule has 5 N–H and O–H groups in total. The summed E-state index contributed by atoms with van der Waals surface area (Å²) < 4.78 is 0. The summed E-state index contributed by atoms with van der Waals surface area (Å²) in [5.41, 5.74) is 6.21. The van der Waals surface area contributed by atoms with Crippen LogP contribution in [0.3, 0.4) is 0 Å². The number of nitrogens with two attached hydrogens (primary N) is 1. The summed E-state index contributed by atoms with van der Waals surface area (Å²) in [4.78, 5) is 0. The Morgan fingerprint density at radius 1 is 0.941 bits per heavy atom. The molecule has 2 atom stereocenters. The maximum Gasteiger partial charge on any atom is 0.0434 e. The Labute approximate surface area is 105 Å². The van der Waals surface area contributed by atoms with E-state index in [2.05, 4.69) is 33.0 Å². The molecule has 1 aliphatic rings. The minimum absolute atomic E-state index is 0.0144. The Balaban J connectivity index is 2.95. The number of aliphatic hydroxyl groups excluding tert-OH is 2. The van der Waals surface area contributed by atoms with Crippen molar-refractivity contribution in [3.63, 3.8) is 0 Å². The zero-order valence-corrected chi connectivity index (χ0v) is 11.5. The maximum absolute atomic E-state index is 9.18. The van der Waals surface area contributed by atoms with Crippen LogP contribution in [-0.2, 0) is 0 Å². The van der Waals surface area contributed by atoms with Gasteiger partial charge in [0.25, 0.3) is 0 Å². The van der Waals surface area contributed by atoms with E-state index < -0.39 is 0 Å². The van der Waals surface area contributed by atoms with Gasteiger partial charge in [0, 0.05) is 30.3 Å². The van der Waals surface area contributed by atoms with Gasteiger partial charge < -0.3 is 21.3 Å². The number of hydrogen-bond acceptors (Lipinski definition) is 4. The highest BCUT2D eigenvalue weighted by molar-refractivity contribution is 5.08. The van der Waals surface area contributed by atoms with E-state index in [4.69, 9.17) is 5.73 Å². The fourth-order valence-corrected chi connectivity index (χ4v) is 3.64. The highest BCUT2D eigenvalue weighted by Gasteiger charge is 2.49. The molecule has 0 spiro atoms. The third kappa shape index (κ3) is 2.99. The lowest BCUT2D eigenvalue weighted by Gasteiger charge is -2.56. The molecule has 0 aliphatic carbocycles. The van der Waals surface area contributed by atoms with Crippen LogP contribution in [0.25, 0.3) is 0 Å². The summed E-state index contributed by atoms with van der Waals surface area (Å²) in [7, 11) is 0. The Morgan fingerprint density at radius 3 is 1.59 bits per heavy atom. The van der Waals surface area contributed by atoms with E-state index in [0.29, 0.717) is 12.8 Å². The Bertz CT molecular complexity index is 230. The summed E-state index contributed by atoms with van der Waals surface area (Å²) >= 11 is 0. The normalized spacial score (nSPS) is 35.8. The molecule has 0 aromatic carbocycles. The molecule has 4 heteroatoms. The second-order valence-corrected chi connectivity index (χ2v) is 6.38. The van der Waals surface area contributed by atoms with Gasteiger partial charge in [-0.1, -0.05) is 0 Å². The highest BCUT2D eigenvalue weighted by atomic mass is 16.3. The van der Waals surface area contributed by atoms with E-state index in [1.54, 1.807) is 0 Å². The lowest BCUT2D eigenvalue weighted by atomic mass is 9.64. The van der Waals surface area contributed by atoms with Gasteiger partial charge in [-0.3, -0.25) is 0 Å². The summed E-state index contributed by atoms with van der Waals surface area (Å²) in [6.07, 6.45) is 1.42. The van der Waals surface area contributed by atoms with Gasteiger partial charge in [0.15, 0.2) is 0 Å². The molecule has 2 unspecified atom stereocenters. The second kappa shape index (κ2) is 5.22. The lowest BCUT2D eigenvalue weighted by molar-refractivity contribution is 0.00971. The second-order valence-electron chi connectivity index (χ2n) is 6.38. The Kier molecular flexibility index (Phi) is 4.58. The minimum atomic E-state index is -0.0857. The van der Waals surface area contributed by atoms with E-state index in [0.717, 1.165) is 0 Å². The SMILES string of the molecule is CC1(C)NC(C)(C)C(CCO)C(N)C1CCO. The van der Waals surface area contributed by atoms with Crippen molar-refractivity contribution in [3.8, 4) is 0 Å². The first-order valence-electron chi connectivity index (χ1n) is 6.53. The van der Waals surface area contributed by atoms with E-state index in [-0.39, 0.29) is 42.2 Å². The fraction of sp³-hybridized carbons (Fsp3) is 1.00. The third-order valence-electron chi connectivity index (χ3n) is 4.31. The molecule has 17 heavy (non-hydrogen) atoms. The van der Waals surface area contributed by atoms with Crippen molar-refractivity contribution < 1.29 is 10.2 Å². The number of piperidine rings is 1. The Morgan fingerprint density at radius 2 is 1.29 bits per heavy atom. The van der Waals surface area contributed by atoms with E-state index in [1.807, 2.05) is 0 Å². The first kappa shape index (κ1) is 14.9. The number of hydrogen-bond donors (Lipinski definition) is 4. The highest BCUT2D eigenvalue weighted by Crippen LogP contribution is 2.39. The van der Waals surface area contributed by atoms with E-state index >= 15 is 0 Å². The van der Waals surface area contributed by atoms with Crippen LogP contribution in [0.1, 0.15) is 40.5 Å². The number of rotatable bonds is 4. The van der Waals surface area contributed by atoms with Crippen molar-refractivity contribution in [1.29, 1.82) is 0 Å². The molecule has 0 aromatic rings. The molecule has 1 rings (SSSR count). The van der Waals surface area contributed by atoms with Crippen molar-refractivity contribution in [2.45, 2.75) is 57.7 Å². The zero-order chi connectivity index (χ0) is 13.3. The number of nitrogens with one attached hydrogen (secondary N) is 1. The molecule has 0 bridgehead atoms. The molecule has 0 radical (unpaired) electrons. The van der Waals surface area contributed by atoms with Crippen molar-refractivity contribution >= 4 is 0 Å². The van der Waals surface area contributed by atoms with Gasteiger partial charge in [-0.2, -0.15) is 0 Å². The molecule has 0 saturated carbocycles. The Hall–Kier alpha value is -0.160. The zero-order valence-electron chi connectivity index (χ0n) is 11.5. The van der Waals surface area contributed by atoms with Crippen LogP contribution in [0.2, 0.25) is 0 Å². The fourth-order valence-electron chi connectivity index (χ4n) is 3.64. The molecular weight excluding hydrogens is 216 g/mol. The van der Waals surface area contributed by atoms with Crippen LogP contribution in [0.5, 0.6) is 0 Å². The summed E-state index contributed by atoms with van der Waals surface area (Å²) in [6.45, 7) is 8.90. The molecular formula is C13H28N2O2. The van der Waals surface area contributed by atoms with Crippen LogP contribution >= 0.6 is 0 Å². The van der Waals surface area contributed by atoms with E-state index in [9.17, 15) is 10.2 Å². The predicted molar refractivity (Wildman–Crippen MR) is 69.7 cm³/mol. The van der Waals surface area contributed by atoms with Gasteiger partial charge in [0.2, 0.25) is 0 Å². The lowest BCUT2D eigenvalue weighted by Crippen LogP contribution is -2.71. The maximum atomic E-state index is 9.18. The van der Waals surface area contributed by atoms with Crippen molar-refractivity contribution in [1.82, 2.24) is 5.32 Å².